The number of imide groups is 1. The fourth-order valence-electron chi connectivity index (χ4n) is 2.75. The molecule has 0 bridgehead atoms. The maximum atomic E-state index is 12.6. The van der Waals surface area contributed by atoms with E-state index in [4.69, 9.17) is 23.2 Å². The van der Waals surface area contributed by atoms with Crippen LogP contribution in [0.2, 0.25) is 10.0 Å². The van der Waals surface area contributed by atoms with Gasteiger partial charge in [-0.25, -0.2) is 0 Å². The van der Waals surface area contributed by atoms with E-state index >= 15 is 0 Å². The van der Waals surface area contributed by atoms with Crippen LogP contribution in [-0.2, 0) is 9.59 Å². The molecule has 1 aliphatic rings. The lowest BCUT2D eigenvalue weighted by Crippen LogP contribution is -2.36. The van der Waals surface area contributed by atoms with Crippen molar-refractivity contribution < 1.29 is 19.5 Å². The lowest BCUT2D eigenvalue weighted by Gasteiger charge is -2.13. The number of phenols is 1. The van der Waals surface area contributed by atoms with Gasteiger partial charge in [0.05, 0.1) is 15.0 Å². The highest BCUT2D eigenvalue weighted by Gasteiger charge is 2.36. The molecule has 1 aliphatic heterocycles. The summed E-state index contributed by atoms with van der Waals surface area (Å²) in [6.07, 6.45) is 1.44. The molecule has 3 rings (SSSR count). The van der Waals surface area contributed by atoms with Crippen LogP contribution in [-0.4, -0.2) is 33.6 Å². The Labute approximate surface area is 187 Å². The summed E-state index contributed by atoms with van der Waals surface area (Å²) in [5, 5.41) is 11.8. The van der Waals surface area contributed by atoms with Crippen LogP contribution in [0.15, 0.2) is 41.3 Å². The third kappa shape index (κ3) is 4.98. The van der Waals surface area contributed by atoms with Gasteiger partial charge >= 0.3 is 0 Å². The molecule has 9 heteroatoms. The van der Waals surface area contributed by atoms with E-state index < -0.39 is 23.6 Å². The van der Waals surface area contributed by atoms with Crippen molar-refractivity contribution in [2.24, 2.45) is 0 Å². The van der Waals surface area contributed by atoms with Crippen LogP contribution < -0.4 is 5.32 Å². The van der Waals surface area contributed by atoms with Crippen LogP contribution in [0, 0.1) is 0 Å². The van der Waals surface area contributed by atoms with Gasteiger partial charge < -0.3 is 10.4 Å². The van der Waals surface area contributed by atoms with Crippen molar-refractivity contribution in [2.45, 2.75) is 19.8 Å². The van der Waals surface area contributed by atoms with Crippen molar-refractivity contribution in [1.82, 2.24) is 4.90 Å². The van der Waals surface area contributed by atoms with Crippen molar-refractivity contribution in [3.05, 3.63) is 62.5 Å². The van der Waals surface area contributed by atoms with Gasteiger partial charge in [-0.2, -0.15) is 0 Å². The van der Waals surface area contributed by atoms with Gasteiger partial charge in [0.2, 0.25) is 5.91 Å². The van der Waals surface area contributed by atoms with Crippen LogP contribution in [0.5, 0.6) is 5.75 Å². The highest BCUT2D eigenvalue weighted by atomic mass is 35.5. The number of rotatable bonds is 5. The molecule has 6 nitrogen and oxygen atoms in total. The summed E-state index contributed by atoms with van der Waals surface area (Å²) < 4.78 is 0. The fourth-order valence-corrected chi connectivity index (χ4v) is 4.09. The number of hydrogen-bond donors (Lipinski definition) is 2. The number of anilines is 1. The van der Waals surface area contributed by atoms with Gasteiger partial charge in [0.1, 0.15) is 6.54 Å². The van der Waals surface area contributed by atoms with Crippen molar-refractivity contribution in [3.63, 3.8) is 0 Å². The van der Waals surface area contributed by atoms with Crippen LogP contribution in [0.1, 0.15) is 30.9 Å². The molecular formula is C21H18Cl2N2O4S. The standard InChI is InChI=1S/C21H18Cl2N2O4S/c1-11(2)13-3-5-14(6-4-13)24-18(26)10-25-20(28)17(30-21(25)29)9-12-7-15(22)19(27)16(23)8-12/h3-9,11,27H,10H2,1-2H3,(H,24,26)/b17-9-. The third-order valence-corrected chi connectivity index (χ3v) is 5.86. The number of carbonyl (C=O) groups is 3. The highest BCUT2D eigenvalue weighted by Crippen LogP contribution is 2.36. The van der Waals surface area contributed by atoms with Crippen molar-refractivity contribution in [1.29, 1.82) is 0 Å². The Kier molecular flexibility index (Phi) is 6.75. The Morgan fingerprint density at radius 1 is 1.17 bits per heavy atom. The zero-order valence-corrected chi connectivity index (χ0v) is 18.4. The Morgan fingerprint density at radius 3 is 2.33 bits per heavy atom. The second-order valence-corrected chi connectivity index (χ2v) is 8.73. The molecule has 30 heavy (non-hydrogen) atoms. The van der Waals surface area contributed by atoms with Gasteiger partial charge in [-0.15, -0.1) is 0 Å². The molecule has 0 unspecified atom stereocenters. The lowest BCUT2D eigenvalue weighted by molar-refractivity contribution is -0.127. The number of halogens is 2. The van der Waals surface area contributed by atoms with Crippen LogP contribution in [0.4, 0.5) is 10.5 Å². The highest BCUT2D eigenvalue weighted by molar-refractivity contribution is 8.18. The lowest BCUT2D eigenvalue weighted by atomic mass is 10.0. The van der Waals surface area contributed by atoms with E-state index in [1.807, 2.05) is 12.1 Å². The zero-order chi connectivity index (χ0) is 22.0. The molecule has 2 aromatic carbocycles. The molecule has 3 amide bonds. The van der Waals surface area contributed by atoms with Gasteiger partial charge in [0, 0.05) is 5.69 Å². The molecule has 0 aromatic heterocycles. The molecule has 0 aliphatic carbocycles. The minimum absolute atomic E-state index is 0.0239. The summed E-state index contributed by atoms with van der Waals surface area (Å²) in [6.45, 7) is 3.74. The van der Waals surface area contributed by atoms with Gasteiger partial charge in [-0.3, -0.25) is 19.3 Å². The molecule has 2 N–H and O–H groups in total. The summed E-state index contributed by atoms with van der Waals surface area (Å²) in [4.78, 5) is 38.1. The van der Waals surface area contributed by atoms with Crippen molar-refractivity contribution >= 4 is 63.8 Å². The molecule has 1 heterocycles. The Morgan fingerprint density at radius 2 is 1.77 bits per heavy atom. The summed E-state index contributed by atoms with van der Waals surface area (Å²) in [6, 6.07) is 10.2. The molecule has 2 aromatic rings. The molecule has 0 atom stereocenters. The summed E-state index contributed by atoms with van der Waals surface area (Å²) >= 11 is 12.5. The number of phenolic OH excluding ortho intramolecular Hbond substituents is 1. The quantitative estimate of drug-likeness (QED) is 0.570. The third-order valence-electron chi connectivity index (χ3n) is 4.37. The minimum Gasteiger partial charge on any atom is -0.505 e. The first-order valence-corrected chi connectivity index (χ1v) is 10.6. The van der Waals surface area contributed by atoms with Crippen molar-refractivity contribution in [2.75, 3.05) is 11.9 Å². The van der Waals surface area contributed by atoms with E-state index in [0.717, 1.165) is 10.5 Å². The van der Waals surface area contributed by atoms with Crippen LogP contribution >= 0.6 is 35.0 Å². The number of carbonyl (C=O) groups excluding carboxylic acids is 3. The summed E-state index contributed by atoms with van der Waals surface area (Å²) in [5.41, 5.74) is 2.17. The number of amides is 3. The van der Waals surface area contributed by atoms with E-state index in [0.29, 0.717) is 28.9 Å². The van der Waals surface area contributed by atoms with Gasteiger partial charge in [-0.1, -0.05) is 49.2 Å². The van der Waals surface area contributed by atoms with E-state index in [1.165, 1.54) is 18.2 Å². The first kappa shape index (κ1) is 22.2. The fraction of sp³-hybridized carbons (Fsp3) is 0.190. The topological polar surface area (TPSA) is 86.7 Å². The average molecular weight is 465 g/mol. The number of aromatic hydroxyl groups is 1. The van der Waals surface area contributed by atoms with Crippen LogP contribution in [0.25, 0.3) is 6.08 Å². The number of hydrogen-bond acceptors (Lipinski definition) is 5. The molecule has 0 radical (unpaired) electrons. The second-order valence-electron chi connectivity index (χ2n) is 6.93. The molecule has 156 valence electrons. The largest absolute Gasteiger partial charge is 0.505 e. The Hall–Kier alpha value is -2.48. The zero-order valence-electron chi connectivity index (χ0n) is 16.1. The van der Waals surface area contributed by atoms with Crippen LogP contribution in [0.3, 0.4) is 0 Å². The SMILES string of the molecule is CC(C)c1ccc(NC(=O)CN2C(=O)S/C(=C\c3cc(Cl)c(O)c(Cl)c3)C2=O)cc1. The number of nitrogens with zero attached hydrogens (tertiary/aromatic N) is 1. The predicted octanol–water partition coefficient (Wildman–Crippen LogP) is 5.50. The maximum absolute atomic E-state index is 12.6. The number of benzene rings is 2. The molecular weight excluding hydrogens is 447 g/mol. The van der Waals surface area contributed by atoms with E-state index in [9.17, 15) is 19.5 Å². The first-order valence-electron chi connectivity index (χ1n) is 8.99. The number of nitrogens with one attached hydrogen (secondary N) is 1. The van der Waals surface area contributed by atoms with Crippen molar-refractivity contribution in [3.8, 4) is 5.75 Å². The smallest absolute Gasteiger partial charge is 0.294 e. The normalized spacial score (nSPS) is 15.4. The monoisotopic (exact) mass is 464 g/mol. The maximum Gasteiger partial charge on any atom is 0.294 e. The predicted molar refractivity (Wildman–Crippen MR) is 120 cm³/mol. The molecule has 1 saturated heterocycles. The molecule has 0 spiro atoms. The van der Waals surface area contributed by atoms with Gasteiger partial charge in [-0.05, 0) is 59.1 Å². The second kappa shape index (κ2) is 9.12. The van der Waals surface area contributed by atoms with E-state index in [1.54, 1.807) is 12.1 Å². The minimum atomic E-state index is -0.587. The Bertz CT molecular complexity index is 1030. The number of thioether (sulfide) groups is 1. The van der Waals surface area contributed by atoms with E-state index in [-0.39, 0.29) is 20.7 Å². The average Bonchev–Trinajstić information content (AvgIpc) is 2.93. The molecule has 1 fully saturated rings. The van der Waals surface area contributed by atoms with Gasteiger partial charge in [0.15, 0.2) is 5.75 Å². The summed E-state index contributed by atoms with van der Waals surface area (Å²) in [5.74, 6) is -0.959. The summed E-state index contributed by atoms with van der Waals surface area (Å²) in [7, 11) is 0. The first-order chi connectivity index (χ1) is 14.2. The molecule has 0 saturated carbocycles. The van der Waals surface area contributed by atoms with E-state index in [2.05, 4.69) is 19.2 Å². The van der Waals surface area contributed by atoms with Gasteiger partial charge in [0.25, 0.3) is 11.1 Å². The Balaban J connectivity index is 1.69.